The van der Waals surface area contributed by atoms with Gasteiger partial charge in [0.15, 0.2) is 5.96 Å². The Morgan fingerprint density at radius 3 is 2.50 bits per heavy atom. The highest BCUT2D eigenvalue weighted by atomic mass is 127. The summed E-state index contributed by atoms with van der Waals surface area (Å²) in [6.45, 7) is 10.4. The van der Waals surface area contributed by atoms with E-state index in [4.69, 9.17) is 9.73 Å². The van der Waals surface area contributed by atoms with Gasteiger partial charge in [-0.25, -0.2) is 4.39 Å². The Morgan fingerprint density at radius 2 is 1.84 bits per heavy atom. The Bertz CT molecular complexity index is 665. The van der Waals surface area contributed by atoms with Crippen molar-refractivity contribution in [1.29, 1.82) is 0 Å². The van der Waals surface area contributed by atoms with Crippen LogP contribution in [0.1, 0.15) is 37.8 Å². The predicted molar refractivity (Wildman–Crippen MR) is 137 cm³/mol. The van der Waals surface area contributed by atoms with Gasteiger partial charge < -0.3 is 25.4 Å². The standard InChI is InChI=1S/C23H38FN5O2.HI/c1-2-25-23(26-10-3-11-28-12-8-21(30)9-13-28)27-18-22(29-14-16-31-17-15-29)19-4-6-20(24)7-5-19;/h4-7,21-22,30H,2-3,8-18H2,1H3,(H2,25,26,27);1H. The number of aliphatic hydroxyl groups excluding tert-OH is 1. The SMILES string of the molecule is CCNC(=NCC(c1ccc(F)cc1)N1CCOCC1)NCCCN1CCC(O)CC1.I. The fourth-order valence-corrected chi connectivity index (χ4v) is 4.18. The number of hydrogen-bond acceptors (Lipinski definition) is 5. The number of piperidine rings is 1. The van der Waals surface area contributed by atoms with Crippen molar-refractivity contribution in [3.05, 3.63) is 35.6 Å². The molecular weight excluding hydrogens is 524 g/mol. The largest absolute Gasteiger partial charge is 0.393 e. The second-order valence-electron chi connectivity index (χ2n) is 8.29. The summed E-state index contributed by atoms with van der Waals surface area (Å²) in [5, 5.41) is 16.4. The summed E-state index contributed by atoms with van der Waals surface area (Å²) in [5.74, 6) is 0.600. The minimum atomic E-state index is -0.216. The van der Waals surface area contributed by atoms with Gasteiger partial charge in [-0.1, -0.05) is 12.1 Å². The van der Waals surface area contributed by atoms with E-state index in [2.05, 4.69) is 27.4 Å². The van der Waals surface area contributed by atoms with Crippen molar-refractivity contribution >= 4 is 29.9 Å². The molecule has 3 N–H and O–H groups in total. The van der Waals surface area contributed by atoms with Crippen molar-refractivity contribution in [3.63, 3.8) is 0 Å². The van der Waals surface area contributed by atoms with Crippen LogP contribution in [0, 0.1) is 5.82 Å². The number of guanidine groups is 1. The van der Waals surface area contributed by atoms with E-state index in [1.807, 2.05) is 12.1 Å². The molecule has 2 heterocycles. The van der Waals surface area contributed by atoms with Crippen molar-refractivity contribution in [3.8, 4) is 0 Å². The van der Waals surface area contributed by atoms with Crippen molar-refractivity contribution < 1.29 is 14.2 Å². The number of benzene rings is 1. The summed E-state index contributed by atoms with van der Waals surface area (Å²) < 4.78 is 18.9. The topological polar surface area (TPSA) is 72.4 Å². The van der Waals surface area contributed by atoms with E-state index < -0.39 is 0 Å². The van der Waals surface area contributed by atoms with Crippen LogP contribution in [-0.4, -0.2) is 92.5 Å². The van der Waals surface area contributed by atoms with Gasteiger partial charge in [0.2, 0.25) is 0 Å². The van der Waals surface area contributed by atoms with Gasteiger partial charge in [-0.3, -0.25) is 9.89 Å². The molecule has 0 bridgehead atoms. The molecule has 2 saturated heterocycles. The third kappa shape index (κ3) is 9.09. The number of rotatable bonds is 9. The first-order valence-electron chi connectivity index (χ1n) is 11.7. The zero-order chi connectivity index (χ0) is 21.9. The molecule has 2 aliphatic rings. The minimum Gasteiger partial charge on any atom is -0.393 e. The molecule has 0 radical (unpaired) electrons. The average Bonchev–Trinajstić information content (AvgIpc) is 2.80. The number of hydrogen-bond donors (Lipinski definition) is 3. The third-order valence-corrected chi connectivity index (χ3v) is 6.01. The van der Waals surface area contributed by atoms with Crippen LogP contribution in [0.4, 0.5) is 4.39 Å². The van der Waals surface area contributed by atoms with E-state index in [0.717, 1.165) is 76.6 Å². The molecule has 0 saturated carbocycles. The summed E-state index contributed by atoms with van der Waals surface area (Å²) in [5.41, 5.74) is 1.08. The maximum absolute atomic E-state index is 13.4. The van der Waals surface area contributed by atoms with Gasteiger partial charge in [-0.05, 0) is 50.4 Å². The molecule has 32 heavy (non-hydrogen) atoms. The van der Waals surface area contributed by atoms with Gasteiger partial charge in [0.1, 0.15) is 5.82 Å². The van der Waals surface area contributed by atoms with E-state index in [1.165, 1.54) is 12.1 Å². The van der Waals surface area contributed by atoms with Gasteiger partial charge in [0.25, 0.3) is 0 Å². The van der Waals surface area contributed by atoms with Crippen molar-refractivity contribution in [2.75, 3.05) is 65.6 Å². The van der Waals surface area contributed by atoms with Crippen LogP contribution >= 0.6 is 24.0 Å². The average molecular weight is 564 g/mol. The Hall–Kier alpha value is -1.01. The number of morpholine rings is 1. The molecule has 9 heteroatoms. The second kappa shape index (κ2) is 15.0. The van der Waals surface area contributed by atoms with Gasteiger partial charge in [-0.2, -0.15) is 0 Å². The molecule has 0 spiro atoms. The minimum absolute atomic E-state index is 0. The maximum atomic E-state index is 13.4. The first-order chi connectivity index (χ1) is 15.2. The van der Waals surface area contributed by atoms with E-state index >= 15 is 0 Å². The lowest BCUT2D eigenvalue weighted by molar-refractivity contribution is 0.0179. The first kappa shape index (κ1) is 27.2. The van der Waals surface area contributed by atoms with Crippen LogP contribution in [-0.2, 0) is 4.74 Å². The number of halogens is 2. The molecule has 1 aromatic carbocycles. The van der Waals surface area contributed by atoms with Crippen LogP contribution in [0.2, 0.25) is 0 Å². The van der Waals surface area contributed by atoms with Gasteiger partial charge >= 0.3 is 0 Å². The lowest BCUT2D eigenvalue weighted by Crippen LogP contribution is -2.42. The molecule has 3 rings (SSSR count). The highest BCUT2D eigenvalue weighted by Gasteiger charge is 2.23. The summed E-state index contributed by atoms with van der Waals surface area (Å²) >= 11 is 0. The Balaban J connectivity index is 0.00000363. The van der Waals surface area contributed by atoms with Gasteiger partial charge in [0.05, 0.1) is 31.9 Å². The van der Waals surface area contributed by atoms with Crippen LogP contribution in [0.25, 0.3) is 0 Å². The molecule has 2 fully saturated rings. The smallest absolute Gasteiger partial charge is 0.191 e. The molecule has 1 unspecified atom stereocenters. The predicted octanol–water partition coefficient (Wildman–Crippen LogP) is 2.22. The van der Waals surface area contributed by atoms with E-state index in [-0.39, 0.29) is 41.9 Å². The Morgan fingerprint density at radius 1 is 1.16 bits per heavy atom. The highest BCUT2D eigenvalue weighted by molar-refractivity contribution is 14.0. The monoisotopic (exact) mass is 563 g/mol. The number of ether oxygens (including phenoxy) is 1. The summed E-state index contributed by atoms with van der Waals surface area (Å²) in [6, 6.07) is 6.87. The van der Waals surface area contributed by atoms with Crippen molar-refractivity contribution in [1.82, 2.24) is 20.4 Å². The fraction of sp³-hybridized carbons (Fsp3) is 0.696. The van der Waals surface area contributed by atoms with Crippen molar-refractivity contribution in [2.45, 2.75) is 38.3 Å². The molecule has 1 aromatic rings. The number of nitrogens with one attached hydrogen (secondary N) is 2. The summed E-state index contributed by atoms with van der Waals surface area (Å²) in [6.07, 6.45) is 2.67. The normalized spacial score (nSPS) is 19.9. The molecular formula is C23H39FIN5O2. The molecule has 0 aromatic heterocycles. The molecule has 1 atom stereocenters. The molecule has 2 aliphatic heterocycles. The number of likely N-dealkylation sites (tertiary alicyclic amines) is 1. The summed E-state index contributed by atoms with van der Waals surface area (Å²) in [7, 11) is 0. The zero-order valence-electron chi connectivity index (χ0n) is 19.1. The number of nitrogens with zero attached hydrogens (tertiary/aromatic N) is 3. The lowest BCUT2D eigenvalue weighted by atomic mass is 10.0. The van der Waals surface area contributed by atoms with Crippen molar-refractivity contribution in [2.24, 2.45) is 4.99 Å². The molecule has 182 valence electrons. The first-order valence-corrected chi connectivity index (χ1v) is 11.7. The van der Waals surface area contributed by atoms with E-state index in [0.29, 0.717) is 19.8 Å². The van der Waals surface area contributed by atoms with Gasteiger partial charge in [0, 0.05) is 39.3 Å². The van der Waals surface area contributed by atoms with E-state index in [1.54, 1.807) is 0 Å². The van der Waals surface area contributed by atoms with Crippen LogP contribution in [0.5, 0.6) is 0 Å². The second-order valence-corrected chi connectivity index (χ2v) is 8.29. The third-order valence-electron chi connectivity index (χ3n) is 6.01. The zero-order valence-corrected chi connectivity index (χ0v) is 21.5. The fourth-order valence-electron chi connectivity index (χ4n) is 4.18. The lowest BCUT2D eigenvalue weighted by Gasteiger charge is -2.34. The van der Waals surface area contributed by atoms with E-state index in [9.17, 15) is 9.50 Å². The van der Waals surface area contributed by atoms with Gasteiger partial charge in [-0.15, -0.1) is 24.0 Å². The Labute approximate surface area is 208 Å². The quantitative estimate of drug-likeness (QED) is 0.185. The van der Waals surface area contributed by atoms with Crippen LogP contribution in [0.3, 0.4) is 0 Å². The molecule has 0 aliphatic carbocycles. The maximum Gasteiger partial charge on any atom is 0.191 e. The molecule has 0 amide bonds. The number of aliphatic hydroxyl groups is 1. The highest BCUT2D eigenvalue weighted by Crippen LogP contribution is 2.22. The van der Waals surface area contributed by atoms with Crippen LogP contribution in [0.15, 0.2) is 29.3 Å². The Kier molecular flexibility index (Phi) is 12.8. The molecule has 7 nitrogen and oxygen atoms in total. The summed E-state index contributed by atoms with van der Waals surface area (Å²) in [4.78, 5) is 9.64. The number of aliphatic imine (C=N–C) groups is 1. The van der Waals surface area contributed by atoms with Crippen LogP contribution < -0.4 is 10.6 Å².